The van der Waals surface area contributed by atoms with Crippen LogP contribution in [0.3, 0.4) is 0 Å². The van der Waals surface area contributed by atoms with Crippen LogP contribution in [-0.2, 0) is 16.1 Å². The Morgan fingerprint density at radius 1 is 1.07 bits per heavy atom. The molecule has 30 heavy (non-hydrogen) atoms. The normalized spacial score (nSPS) is 11.4. The molecule has 0 aliphatic heterocycles. The van der Waals surface area contributed by atoms with Crippen molar-refractivity contribution in [2.75, 3.05) is 14.2 Å². The molecule has 1 aromatic heterocycles. The fourth-order valence-corrected chi connectivity index (χ4v) is 2.64. The van der Waals surface area contributed by atoms with Crippen LogP contribution in [0.4, 0.5) is 0 Å². The lowest BCUT2D eigenvalue weighted by molar-refractivity contribution is -0.129. The molecule has 0 aliphatic carbocycles. The van der Waals surface area contributed by atoms with Crippen molar-refractivity contribution >= 4 is 11.9 Å². The van der Waals surface area contributed by atoms with Gasteiger partial charge >= 0.3 is 5.97 Å². The molecule has 3 rings (SSSR count). The highest BCUT2D eigenvalue weighted by molar-refractivity contribution is 5.92. The summed E-state index contributed by atoms with van der Waals surface area (Å²) in [5.41, 5.74) is 1.82. The van der Waals surface area contributed by atoms with Crippen molar-refractivity contribution in [3.05, 3.63) is 59.9 Å². The number of aromatic nitrogens is 4. The van der Waals surface area contributed by atoms with E-state index in [2.05, 4.69) is 20.8 Å². The highest BCUT2D eigenvalue weighted by atomic mass is 16.5. The second-order valence-corrected chi connectivity index (χ2v) is 6.26. The third kappa shape index (κ3) is 4.90. The van der Waals surface area contributed by atoms with Crippen LogP contribution in [0.2, 0.25) is 0 Å². The van der Waals surface area contributed by atoms with Gasteiger partial charge in [-0.3, -0.25) is 4.79 Å². The Balaban J connectivity index is 1.54. The molecule has 2 aromatic carbocycles. The average molecular weight is 411 g/mol. The summed E-state index contributed by atoms with van der Waals surface area (Å²) in [6.45, 7) is 1.76. The van der Waals surface area contributed by atoms with E-state index in [0.29, 0.717) is 22.7 Å². The van der Waals surface area contributed by atoms with Crippen molar-refractivity contribution in [1.29, 1.82) is 0 Å². The Hall–Kier alpha value is -3.95. The van der Waals surface area contributed by atoms with Gasteiger partial charge in [-0.15, -0.1) is 5.10 Å². The number of esters is 1. The Bertz CT molecular complexity index is 1000. The van der Waals surface area contributed by atoms with Gasteiger partial charge in [0, 0.05) is 6.54 Å². The number of carbonyl (C=O) groups excluding carboxylic acids is 2. The van der Waals surface area contributed by atoms with Crippen molar-refractivity contribution in [1.82, 2.24) is 25.5 Å². The molecular weight excluding hydrogens is 390 g/mol. The van der Waals surface area contributed by atoms with Crippen molar-refractivity contribution < 1.29 is 23.8 Å². The molecule has 0 spiro atoms. The zero-order valence-electron chi connectivity index (χ0n) is 16.7. The molecule has 0 fully saturated rings. The van der Waals surface area contributed by atoms with E-state index in [9.17, 15) is 9.59 Å². The van der Waals surface area contributed by atoms with E-state index in [1.165, 1.54) is 25.0 Å². The van der Waals surface area contributed by atoms with Crippen LogP contribution in [0.15, 0.2) is 48.8 Å². The van der Waals surface area contributed by atoms with E-state index in [0.717, 1.165) is 5.56 Å². The molecule has 0 unspecified atom stereocenters. The first kappa shape index (κ1) is 20.8. The number of hydrogen-bond acceptors (Lipinski definition) is 8. The van der Waals surface area contributed by atoms with Crippen LogP contribution in [0.25, 0.3) is 5.69 Å². The number of hydrogen-bond donors (Lipinski definition) is 1. The van der Waals surface area contributed by atoms with Crippen LogP contribution in [0.5, 0.6) is 11.5 Å². The van der Waals surface area contributed by atoms with E-state index in [-0.39, 0.29) is 6.54 Å². The fraction of sp³-hybridized carbons (Fsp3) is 0.250. The van der Waals surface area contributed by atoms with E-state index in [1.807, 2.05) is 6.07 Å². The molecular formula is C20H21N5O5. The van der Waals surface area contributed by atoms with E-state index < -0.39 is 18.0 Å². The number of carbonyl (C=O) groups is 2. The smallest absolute Gasteiger partial charge is 0.338 e. The average Bonchev–Trinajstić information content (AvgIpc) is 3.32. The van der Waals surface area contributed by atoms with Gasteiger partial charge in [0.05, 0.1) is 25.5 Å². The first-order chi connectivity index (χ1) is 14.5. The summed E-state index contributed by atoms with van der Waals surface area (Å²) < 4.78 is 17.1. The van der Waals surface area contributed by atoms with Crippen LogP contribution >= 0.6 is 0 Å². The SMILES string of the molecule is COc1ccc(CNC(=O)[C@H](C)OC(=O)c2ccc(-n3cnnn3)cc2)cc1OC. The molecule has 0 bridgehead atoms. The van der Waals surface area contributed by atoms with Gasteiger partial charge in [-0.05, 0) is 59.3 Å². The molecule has 3 aromatic rings. The molecule has 1 heterocycles. The minimum Gasteiger partial charge on any atom is -0.493 e. The molecule has 1 amide bonds. The Labute approximate surface area is 172 Å². The highest BCUT2D eigenvalue weighted by Gasteiger charge is 2.19. The molecule has 0 saturated heterocycles. The van der Waals surface area contributed by atoms with Gasteiger partial charge in [-0.2, -0.15) is 0 Å². The summed E-state index contributed by atoms with van der Waals surface area (Å²) in [5.74, 6) is 0.144. The largest absolute Gasteiger partial charge is 0.493 e. The van der Waals surface area contributed by atoms with Gasteiger partial charge in [0.25, 0.3) is 5.91 Å². The van der Waals surface area contributed by atoms with Crippen LogP contribution in [-0.4, -0.2) is 52.4 Å². The fourth-order valence-electron chi connectivity index (χ4n) is 2.64. The number of amides is 1. The number of benzene rings is 2. The van der Waals surface area contributed by atoms with Crippen molar-refractivity contribution in [2.45, 2.75) is 19.6 Å². The maximum atomic E-state index is 12.3. The number of tetrazole rings is 1. The number of methoxy groups -OCH3 is 2. The zero-order chi connectivity index (χ0) is 21.5. The standard InChI is InChI=1S/C20H21N5O5/c1-13(19(26)21-11-14-4-9-17(28-2)18(10-14)29-3)30-20(27)15-5-7-16(8-6-15)25-12-22-23-24-25/h4-10,12-13H,11H2,1-3H3,(H,21,26)/t13-/m0/s1. The van der Waals surface area contributed by atoms with Crippen molar-refractivity contribution in [3.8, 4) is 17.2 Å². The highest BCUT2D eigenvalue weighted by Crippen LogP contribution is 2.27. The predicted octanol–water partition coefficient (Wildman–Crippen LogP) is 1.54. The van der Waals surface area contributed by atoms with Gasteiger partial charge in [-0.1, -0.05) is 6.07 Å². The Morgan fingerprint density at radius 2 is 1.80 bits per heavy atom. The molecule has 1 N–H and O–H groups in total. The lowest BCUT2D eigenvalue weighted by Gasteiger charge is -2.14. The van der Waals surface area contributed by atoms with Crippen molar-refractivity contribution in [2.24, 2.45) is 0 Å². The van der Waals surface area contributed by atoms with Gasteiger partial charge in [0.1, 0.15) is 6.33 Å². The van der Waals surface area contributed by atoms with Crippen LogP contribution in [0.1, 0.15) is 22.8 Å². The second kappa shape index (κ2) is 9.50. The number of nitrogens with zero attached hydrogens (tertiary/aromatic N) is 4. The summed E-state index contributed by atoms with van der Waals surface area (Å²) >= 11 is 0. The summed E-state index contributed by atoms with van der Waals surface area (Å²) in [4.78, 5) is 24.6. The first-order valence-corrected chi connectivity index (χ1v) is 9.05. The maximum Gasteiger partial charge on any atom is 0.338 e. The number of nitrogens with one attached hydrogen (secondary N) is 1. The third-order valence-electron chi connectivity index (χ3n) is 4.28. The molecule has 0 radical (unpaired) electrons. The topological polar surface area (TPSA) is 117 Å². The molecule has 1 atom stereocenters. The van der Waals surface area contributed by atoms with E-state index in [4.69, 9.17) is 14.2 Å². The first-order valence-electron chi connectivity index (χ1n) is 9.05. The van der Waals surface area contributed by atoms with E-state index in [1.54, 1.807) is 43.5 Å². The Morgan fingerprint density at radius 3 is 2.43 bits per heavy atom. The monoisotopic (exact) mass is 411 g/mol. The number of rotatable bonds is 8. The van der Waals surface area contributed by atoms with Crippen LogP contribution in [0, 0.1) is 0 Å². The molecule has 10 heteroatoms. The van der Waals surface area contributed by atoms with E-state index >= 15 is 0 Å². The quantitative estimate of drug-likeness (QED) is 0.555. The second-order valence-electron chi connectivity index (χ2n) is 6.26. The molecule has 10 nitrogen and oxygen atoms in total. The van der Waals surface area contributed by atoms with Crippen LogP contribution < -0.4 is 14.8 Å². The van der Waals surface area contributed by atoms with Gasteiger partial charge < -0.3 is 19.5 Å². The predicted molar refractivity (Wildman–Crippen MR) is 105 cm³/mol. The van der Waals surface area contributed by atoms with Crippen molar-refractivity contribution in [3.63, 3.8) is 0 Å². The minimum atomic E-state index is -0.961. The Kier molecular flexibility index (Phi) is 6.58. The summed E-state index contributed by atoms with van der Waals surface area (Å²) in [7, 11) is 3.09. The third-order valence-corrected chi connectivity index (χ3v) is 4.28. The number of ether oxygens (including phenoxy) is 3. The molecule has 0 aliphatic rings. The maximum absolute atomic E-state index is 12.3. The van der Waals surface area contributed by atoms with Gasteiger partial charge in [0.2, 0.25) is 0 Å². The summed E-state index contributed by atoms with van der Waals surface area (Å²) in [6.07, 6.45) is 0.481. The zero-order valence-corrected chi connectivity index (χ0v) is 16.7. The molecule has 156 valence electrons. The summed E-state index contributed by atoms with van der Waals surface area (Å²) in [6, 6.07) is 11.8. The van der Waals surface area contributed by atoms with Gasteiger partial charge in [-0.25, -0.2) is 9.48 Å². The van der Waals surface area contributed by atoms with Gasteiger partial charge in [0.15, 0.2) is 17.6 Å². The lowest BCUT2D eigenvalue weighted by Crippen LogP contribution is -2.35. The minimum absolute atomic E-state index is 0.252. The summed E-state index contributed by atoms with van der Waals surface area (Å²) in [5, 5.41) is 13.6. The lowest BCUT2D eigenvalue weighted by atomic mass is 10.2. The molecule has 0 saturated carbocycles.